The number of benzene rings is 1. The first-order valence-electron chi connectivity index (χ1n) is 10.0. The van der Waals surface area contributed by atoms with Crippen molar-refractivity contribution in [3.63, 3.8) is 0 Å². The molecular weight excluding hydrogens is 426 g/mol. The topological polar surface area (TPSA) is 73.9 Å². The maximum atomic E-state index is 12.4. The van der Waals surface area contributed by atoms with Crippen LogP contribution in [-0.2, 0) is 20.7 Å². The van der Waals surface area contributed by atoms with E-state index < -0.39 is 12.1 Å². The summed E-state index contributed by atoms with van der Waals surface area (Å²) in [5.74, 6) is 0.506. The van der Waals surface area contributed by atoms with Crippen molar-refractivity contribution in [1.29, 1.82) is 0 Å². The van der Waals surface area contributed by atoms with Gasteiger partial charge < -0.3 is 19.5 Å². The third-order valence-electron chi connectivity index (χ3n) is 4.68. The second-order valence-electron chi connectivity index (χ2n) is 6.91. The molecule has 0 aliphatic heterocycles. The molecule has 1 aliphatic rings. The van der Waals surface area contributed by atoms with Crippen LogP contribution in [0.15, 0.2) is 16.6 Å². The first kappa shape index (κ1) is 22.5. The van der Waals surface area contributed by atoms with Crippen LogP contribution in [-0.4, -0.2) is 37.2 Å². The summed E-state index contributed by atoms with van der Waals surface area (Å²) in [4.78, 5) is 24.6. The third-order valence-corrected chi connectivity index (χ3v) is 5.41. The van der Waals surface area contributed by atoms with Crippen molar-refractivity contribution in [3.8, 4) is 11.5 Å². The lowest BCUT2D eigenvalue weighted by Gasteiger charge is -2.24. The Bertz CT molecular complexity index is 673. The van der Waals surface area contributed by atoms with Crippen LogP contribution in [0.1, 0.15) is 58.4 Å². The van der Waals surface area contributed by atoms with E-state index in [1.807, 2.05) is 13.8 Å². The van der Waals surface area contributed by atoms with Crippen molar-refractivity contribution in [2.24, 2.45) is 0 Å². The first-order valence-corrected chi connectivity index (χ1v) is 10.8. The molecule has 1 aromatic rings. The van der Waals surface area contributed by atoms with Gasteiger partial charge in [0.15, 0.2) is 17.6 Å². The van der Waals surface area contributed by atoms with Gasteiger partial charge in [-0.1, -0.05) is 35.2 Å². The van der Waals surface area contributed by atoms with Crippen LogP contribution in [0.25, 0.3) is 0 Å². The number of nitrogens with one attached hydrogen (secondary N) is 1. The summed E-state index contributed by atoms with van der Waals surface area (Å²) in [6.07, 6.45) is 4.69. The Morgan fingerprint density at radius 2 is 1.71 bits per heavy atom. The highest BCUT2D eigenvalue weighted by molar-refractivity contribution is 9.10. The number of esters is 1. The van der Waals surface area contributed by atoms with Crippen LogP contribution < -0.4 is 14.8 Å². The summed E-state index contributed by atoms with van der Waals surface area (Å²) in [5, 5.41) is 2.98. The molecule has 0 spiro atoms. The predicted molar refractivity (Wildman–Crippen MR) is 111 cm³/mol. The minimum Gasteiger partial charge on any atom is -0.490 e. The van der Waals surface area contributed by atoms with E-state index in [1.165, 1.54) is 6.42 Å². The van der Waals surface area contributed by atoms with Crippen molar-refractivity contribution < 1.29 is 23.8 Å². The lowest BCUT2D eigenvalue weighted by Crippen LogP contribution is -2.42. The fourth-order valence-electron chi connectivity index (χ4n) is 3.26. The largest absolute Gasteiger partial charge is 0.490 e. The van der Waals surface area contributed by atoms with Crippen molar-refractivity contribution in [2.75, 3.05) is 13.2 Å². The predicted octanol–water partition coefficient (Wildman–Crippen LogP) is 4.17. The number of rotatable bonds is 9. The van der Waals surface area contributed by atoms with E-state index in [4.69, 9.17) is 14.2 Å². The summed E-state index contributed by atoms with van der Waals surface area (Å²) in [7, 11) is 0. The summed E-state index contributed by atoms with van der Waals surface area (Å²) in [6.45, 7) is 6.40. The average molecular weight is 456 g/mol. The van der Waals surface area contributed by atoms with Crippen molar-refractivity contribution >= 4 is 27.8 Å². The molecule has 0 aromatic heterocycles. The van der Waals surface area contributed by atoms with Gasteiger partial charge in [0.1, 0.15) is 0 Å². The Balaban J connectivity index is 1.95. The normalized spacial score (nSPS) is 15.6. The van der Waals surface area contributed by atoms with Crippen LogP contribution in [0.5, 0.6) is 11.5 Å². The van der Waals surface area contributed by atoms with Gasteiger partial charge in [0, 0.05) is 10.5 Å². The lowest BCUT2D eigenvalue weighted by atomic mass is 9.95. The Morgan fingerprint density at radius 3 is 2.32 bits per heavy atom. The zero-order chi connectivity index (χ0) is 20.5. The van der Waals surface area contributed by atoms with Gasteiger partial charge in [-0.15, -0.1) is 0 Å². The number of halogens is 1. The number of carbonyl (C=O) groups excluding carboxylic acids is 2. The maximum Gasteiger partial charge on any atom is 0.311 e. The van der Waals surface area contributed by atoms with Gasteiger partial charge in [-0.3, -0.25) is 9.59 Å². The molecule has 2 rings (SSSR count). The fraction of sp³-hybridized carbons (Fsp3) is 0.619. The minimum atomic E-state index is -0.817. The molecule has 6 nitrogen and oxygen atoms in total. The molecule has 1 unspecified atom stereocenters. The Hall–Kier alpha value is -1.76. The quantitative estimate of drug-likeness (QED) is 0.565. The number of hydrogen-bond donors (Lipinski definition) is 1. The fourth-order valence-corrected chi connectivity index (χ4v) is 3.73. The first-order chi connectivity index (χ1) is 13.4. The van der Waals surface area contributed by atoms with Gasteiger partial charge in [0.05, 0.1) is 19.6 Å². The van der Waals surface area contributed by atoms with E-state index in [2.05, 4.69) is 21.2 Å². The minimum absolute atomic E-state index is 0.0358. The Morgan fingerprint density at radius 1 is 1.11 bits per heavy atom. The van der Waals surface area contributed by atoms with Crippen LogP contribution in [0.4, 0.5) is 0 Å². The molecule has 7 heteroatoms. The molecule has 1 atom stereocenters. The smallest absolute Gasteiger partial charge is 0.311 e. The third kappa shape index (κ3) is 6.69. The SMILES string of the molecule is CCOc1cc(Br)c(CC(=O)OC(C)C(=O)NC2CCCCC2)cc1OCC. The molecule has 1 fully saturated rings. The molecule has 0 radical (unpaired) electrons. The van der Waals surface area contributed by atoms with E-state index in [1.54, 1.807) is 19.1 Å². The van der Waals surface area contributed by atoms with Crippen LogP contribution in [0.2, 0.25) is 0 Å². The van der Waals surface area contributed by atoms with Gasteiger partial charge in [-0.05, 0) is 51.3 Å². The highest BCUT2D eigenvalue weighted by Gasteiger charge is 2.23. The molecule has 1 aromatic carbocycles. The molecule has 0 saturated heterocycles. The van der Waals surface area contributed by atoms with Gasteiger partial charge in [0.25, 0.3) is 5.91 Å². The number of ether oxygens (including phenoxy) is 3. The Kier molecular flexibility index (Phi) is 9.09. The second kappa shape index (κ2) is 11.3. The van der Waals surface area contributed by atoms with Crippen molar-refractivity contribution in [1.82, 2.24) is 5.32 Å². The van der Waals surface area contributed by atoms with E-state index in [-0.39, 0.29) is 18.4 Å². The lowest BCUT2D eigenvalue weighted by molar-refractivity contribution is -0.154. The van der Waals surface area contributed by atoms with Gasteiger partial charge in [-0.2, -0.15) is 0 Å². The number of amides is 1. The molecule has 1 saturated carbocycles. The molecule has 0 heterocycles. The van der Waals surface area contributed by atoms with E-state index in [0.29, 0.717) is 24.7 Å². The Labute approximate surface area is 175 Å². The standard InChI is InChI=1S/C21H30BrNO5/c1-4-26-18-11-15(17(22)13-19(18)27-5-2)12-20(24)28-14(3)21(25)23-16-9-7-6-8-10-16/h11,13-14,16H,4-10,12H2,1-3H3,(H,23,25). The number of hydrogen-bond acceptors (Lipinski definition) is 5. The highest BCUT2D eigenvalue weighted by atomic mass is 79.9. The zero-order valence-electron chi connectivity index (χ0n) is 16.9. The molecule has 28 heavy (non-hydrogen) atoms. The molecule has 1 aliphatic carbocycles. The summed E-state index contributed by atoms with van der Waals surface area (Å²) < 4.78 is 17.3. The molecular formula is C21H30BrNO5. The van der Waals surface area contributed by atoms with Crippen LogP contribution >= 0.6 is 15.9 Å². The summed E-state index contributed by atoms with van der Waals surface area (Å²) >= 11 is 3.47. The van der Waals surface area contributed by atoms with Crippen molar-refractivity contribution in [3.05, 3.63) is 22.2 Å². The molecule has 1 N–H and O–H groups in total. The zero-order valence-corrected chi connectivity index (χ0v) is 18.5. The van der Waals surface area contributed by atoms with Crippen molar-refractivity contribution in [2.45, 2.75) is 71.4 Å². The number of carbonyl (C=O) groups is 2. The summed E-state index contributed by atoms with van der Waals surface area (Å²) in [5.41, 5.74) is 0.719. The second-order valence-corrected chi connectivity index (χ2v) is 7.76. The molecule has 1 amide bonds. The van der Waals surface area contributed by atoms with E-state index in [9.17, 15) is 9.59 Å². The molecule has 0 bridgehead atoms. The highest BCUT2D eigenvalue weighted by Crippen LogP contribution is 2.34. The van der Waals surface area contributed by atoms with Gasteiger partial charge in [0.2, 0.25) is 0 Å². The monoisotopic (exact) mass is 455 g/mol. The average Bonchev–Trinajstić information content (AvgIpc) is 2.66. The van der Waals surface area contributed by atoms with E-state index >= 15 is 0 Å². The summed E-state index contributed by atoms with van der Waals surface area (Å²) in [6, 6.07) is 3.75. The van der Waals surface area contributed by atoms with Gasteiger partial charge in [-0.25, -0.2) is 0 Å². The van der Waals surface area contributed by atoms with Crippen LogP contribution in [0.3, 0.4) is 0 Å². The molecule has 156 valence electrons. The van der Waals surface area contributed by atoms with Gasteiger partial charge >= 0.3 is 5.97 Å². The van der Waals surface area contributed by atoms with E-state index in [0.717, 1.165) is 35.7 Å². The van der Waals surface area contributed by atoms with Crippen LogP contribution in [0, 0.1) is 0 Å². The maximum absolute atomic E-state index is 12.4.